The summed E-state index contributed by atoms with van der Waals surface area (Å²) in [6, 6.07) is 0. The van der Waals surface area contributed by atoms with E-state index in [0.717, 1.165) is 29.8 Å². The van der Waals surface area contributed by atoms with Crippen LogP contribution in [-0.4, -0.2) is 5.48 Å². The molecule has 0 aliphatic rings. The molecule has 0 fully saturated rings. The van der Waals surface area contributed by atoms with Gasteiger partial charge in [0.1, 0.15) is 0 Å². The van der Waals surface area contributed by atoms with Crippen LogP contribution in [0.4, 0.5) is 0 Å². The first-order valence-electron chi connectivity index (χ1n) is 2.40. The van der Waals surface area contributed by atoms with Crippen molar-refractivity contribution in [3.8, 4) is 29.8 Å². The van der Waals surface area contributed by atoms with Crippen LogP contribution in [0.1, 0.15) is 0 Å². The van der Waals surface area contributed by atoms with E-state index in [0.29, 0.717) is 0 Å². The topological polar surface area (TPSA) is 284 Å². The minimum Gasteiger partial charge on any atom is -0.412 e. The third kappa shape index (κ3) is 2.28. The molecule has 0 amide bonds. The zero-order valence-electron chi connectivity index (χ0n) is 9.54. The number of hydrogen-bond acceptors (Lipinski definition) is 6. The Morgan fingerprint density at radius 1 is 0.471 bits per heavy atom. The van der Waals surface area contributed by atoms with Gasteiger partial charge in [-0.15, -0.1) is 0 Å². The molecular weight excluding hydrogens is 270 g/mol. The molecule has 0 heterocycles. The molecule has 17 heavy (non-hydrogen) atoms. The second-order valence-corrected chi connectivity index (χ2v) is 7.42. The van der Waals surface area contributed by atoms with Crippen molar-refractivity contribution >= 4 is 0 Å². The molecule has 0 spiro atoms. The third-order valence-electron chi connectivity index (χ3n) is 1.19. The molecule has 97 valence electrons. The fourth-order valence-electron chi connectivity index (χ4n) is 0.265. The van der Waals surface area contributed by atoms with Crippen LogP contribution in [0.2, 0.25) is 0 Å². The van der Waals surface area contributed by atoms with Crippen molar-refractivity contribution in [2.24, 2.45) is 0 Å². The van der Waals surface area contributed by atoms with Crippen molar-refractivity contribution in [3.63, 3.8) is 0 Å². The quantitative estimate of drug-likeness (QED) is 0.528. The van der Waals surface area contributed by atoms with Crippen LogP contribution in [0.5, 0.6) is 0 Å². The fourth-order valence-corrected chi connectivity index (χ4v) is 1.09. The number of nitriles is 6. The van der Waals surface area contributed by atoms with E-state index in [4.69, 9.17) is 31.6 Å². The Morgan fingerprint density at radius 3 is 0.588 bits per heavy atom. The van der Waals surface area contributed by atoms with Crippen LogP contribution in [0.3, 0.4) is 0 Å². The first-order chi connectivity index (χ1) is 5.97. The smallest absolute Gasteiger partial charge is 0.369 e. The Hall–Kier alpha value is -2.70. The molecule has 0 saturated carbocycles. The Kier molecular flexibility index (Phi) is 10.3. The summed E-state index contributed by atoms with van der Waals surface area (Å²) in [5.74, 6) is 0. The average Bonchev–Trinajstić information content (AvgIpc) is 2.26. The third-order valence-corrected chi connectivity index (χ3v) is 4.89. The van der Waals surface area contributed by atoms with Crippen molar-refractivity contribution in [3.05, 3.63) is 0 Å². The molecule has 0 aromatic rings. The summed E-state index contributed by atoms with van der Waals surface area (Å²) in [7, 11) is -6.17. The van der Waals surface area contributed by atoms with Crippen molar-refractivity contribution < 1.29 is 16.2 Å². The summed E-state index contributed by atoms with van der Waals surface area (Å²) in [6.07, 6.45) is 0. The number of hydrogen-bond donors (Lipinski definition) is 3. The molecule has 0 aliphatic carbocycles. The summed E-state index contributed by atoms with van der Waals surface area (Å²) < 4.78 is 0. The molecule has 0 rings (SSSR count). The van der Waals surface area contributed by atoms with Gasteiger partial charge < -0.3 is 23.9 Å². The van der Waals surface area contributed by atoms with E-state index in [2.05, 4.69) is 0 Å². The SMILES string of the molecule is N#[C][Fe-3]([C]#N)([C]#N)([C]#N)([C]#N)[C]#N.O.[NH4+].[NH4+].[NH4+]. The molecule has 0 radical (unpaired) electrons. The average molecular weight is 284 g/mol. The van der Waals surface area contributed by atoms with Gasteiger partial charge in [-0.1, -0.05) is 0 Å². The van der Waals surface area contributed by atoms with Gasteiger partial charge in [0, 0.05) is 0 Å². The van der Waals surface area contributed by atoms with Gasteiger partial charge in [-0.3, -0.25) is 0 Å². The molecule has 0 aliphatic heterocycles. The maximum atomic E-state index is 8.58. The van der Waals surface area contributed by atoms with Crippen LogP contribution in [-0.2, 0) is 10.7 Å². The molecule has 0 unspecified atom stereocenters. The molecule has 0 saturated heterocycles. The Balaban J connectivity index is -0.000000120. The molecule has 10 nitrogen and oxygen atoms in total. The van der Waals surface area contributed by atoms with Gasteiger partial charge in [0.15, 0.2) is 0 Å². The van der Waals surface area contributed by atoms with E-state index in [1.807, 2.05) is 0 Å². The number of rotatable bonds is 0. The molecule has 0 aromatic carbocycles. The van der Waals surface area contributed by atoms with Crippen LogP contribution < -0.4 is 18.5 Å². The van der Waals surface area contributed by atoms with E-state index in [1.54, 1.807) is 0 Å². The maximum absolute atomic E-state index is 8.58. The van der Waals surface area contributed by atoms with Gasteiger partial charge in [-0.05, 0) is 0 Å². The van der Waals surface area contributed by atoms with Crippen molar-refractivity contribution in [1.82, 2.24) is 18.5 Å². The fraction of sp³-hybridized carbons (Fsp3) is 0. The Morgan fingerprint density at radius 2 is 0.588 bits per heavy atom. The molecule has 11 heteroatoms. The van der Waals surface area contributed by atoms with Crippen molar-refractivity contribution in [2.45, 2.75) is 0 Å². The summed E-state index contributed by atoms with van der Waals surface area (Å²) in [5.41, 5.74) is 0. The first kappa shape index (κ1) is 29.2. The Labute approximate surface area is 96.5 Å². The van der Waals surface area contributed by atoms with Gasteiger partial charge in [0.05, 0.1) is 0 Å². The molecular formula is C6H14FeN9O. The first-order valence-corrected chi connectivity index (χ1v) is 5.71. The normalized spacial score (nSPS) is 10.2. The van der Waals surface area contributed by atoms with Gasteiger partial charge in [0.25, 0.3) is 0 Å². The van der Waals surface area contributed by atoms with E-state index >= 15 is 0 Å². The predicted octanol–water partition coefficient (Wildman–Crippen LogP) is 0.402. The van der Waals surface area contributed by atoms with E-state index in [-0.39, 0.29) is 23.9 Å². The van der Waals surface area contributed by atoms with Gasteiger partial charge >= 0.3 is 72.1 Å². The van der Waals surface area contributed by atoms with E-state index in [9.17, 15) is 0 Å². The van der Waals surface area contributed by atoms with Crippen molar-refractivity contribution in [1.29, 1.82) is 31.6 Å². The van der Waals surface area contributed by atoms with E-state index < -0.39 is 10.7 Å². The number of quaternary nitrogens is 3. The van der Waals surface area contributed by atoms with Crippen LogP contribution in [0, 0.1) is 61.4 Å². The van der Waals surface area contributed by atoms with E-state index in [1.165, 1.54) is 0 Å². The Bertz CT molecular complexity index is 395. The maximum Gasteiger partial charge on any atom is -0.369 e. The second kappa shape index (κ2) is 6.01. The molecule has 0 atom stereocenters. The van der Waals surface area contributed by atoms with Gasteiger partial charge in [-0.2, -0.15) is 0 Å². The number of nitrogens with zero attached hydrogens (tertiary/aromatic N) is 6. The zero-order chi connectivity index (χ0) is 10.7. The van der Waals surface area contributed by atoms with Crippen LogP contribution in [0.15, 0.2) is 0 Å². The minimum atomic E-state index is -6.17. The molecule has 14 N–H and O–H groups in total. The predicted molar refractivity (Wildman–Crippen MR) is 55.2 cm³/mol. The second-order valence-electron chi connectivity index (χ2n) is 1.80. The van der Waals surface area contributed by atoms with Gasteiger partial charge in [-0.25, -0.2) is 0 Å². The standard InChI is InChI=1S/6CN.Fe.3H3N.H2O/c6*1-2;;;;;/h;;;;;;;3*1H3;1H2/q;;;;;;-3;;;;/p+3. The monoisotopic (exact) mass is 284 g/mol. The largest absolute Gasteiger partial charge is 0.412 e. The van der Waals surface area contributed by atoms with Crippen molar-refractivity contribution in [2.75, 3.05) is 0 Å². The van der Waals surface area contributed by atoms with Gasteiger partial charge in [0.2, 0.25) is 0 Å². The zero-order valence-corrected chi connectivity index (χ0v) is 10.6. The van der Waals surface area contributed by atoms with Crippen LogP contribution in [0.25, 0.3) is 0 Å². The summed E-state index contributed by atoms with van der Waals surface area (Å²) >= 11 is 0. The minimum absolute atomic E-state index is 0. The molecule has 0 aromatic heterocycles. The molecule has 0 bridgehead atoms. The van der Waals surface area contributed by atoms with Crippen LogP contribution >= 0.6 is 0 Å². The summed E-state index contributed by atoms with van der Waals surface area (Å²) in [6.45, 7) is 0. The summed E-state index contributed by atoms with van der Waals surface area (Å²) in [5, 5.41) is 51.5. The summed E-state index contributed by atoms with van der Waals surface area (Å²) in [4.78, 5) is 6.19.